The van der Waals surface area contributed by atoms with Crippen LogP contribution < -0.4 is 5.32 Å². The first-order valence-corrected chi connectivity index (χ1v) is 10.7. The first-order valence-electron chi connectivity index (χ1n) is 10.7. The van der Waals surface area contributed by atoms with Gasteiger partial charge in [0.15, 0.2) is 0 Å². The smallest absolute Gasteiger partial charge is 0.325 e. The fourth-order valence-electron chi connectivity index (χ4n) is 3.56. The Morgan fingerprint density at radius 2 is 1.71 bits per heavy atom. The van der Waals surface area contributed by atoms with Crippen molar-refractivity contribution in [2.45, 2.75) is 31.6 Å². The van der Waals surface area contributed by atoms with Gasteiger partial charge in [-0.05, 0) is 42.7 Å². The van der Waals surface area contributed by atoms with Crippen LogP contribution in [0.2, 0.25) is 0 Å². The molecule has 1 aliphatic rings. The van der Waals surface area contributed by atoms with Crippen molar-refractivity contribution in [2.75, 3.05) is 6.54 Å². The van der Waals surface area contributed by atoms with Gasteiger partial charge in [0, 0.05) is 12.1 Å². The largest absolute Gasteiger partial charge is 0.460 e. The number of hydrogen-bond donors (Lipinski definition) is 2. The Bertz CT molecular complexity index is 1130. The lowest BCUT2D eigenvalue weighted by Gasteiger charge is -2.29. The highest BCUT2D eigenvalue weighted by Crippen LogP contribution is 2.26. The number of ether oxygens (including phenoxy) is 1. The molecule has 2 atom stereocenters. The molecule has 3 rings (SSSR count). The highest BCUT2D eigenvalue weighted by atomic mass is 16.6. The number of nitrogens with one attached hydrogen (secondary N) is 1. The molecule has 0 unspecified atom stereocenters. The highest BCUT2D eigenvalue weighted by Gasteiger charge is 2.45. The van der Waals surface area contributed by atoms with E-state index >= 15 is 0 Å². The molecule has 0 spiro atoms. The molecule has 0 aliphatic carbocycles. The average Bonchev–Trinajstić information content (AvgIpc) is 3.10. The molecule has 0 saturated carbocycles. The number of non-ortho nitro benzene ring substituents is 1. The van der Waals surface area contributed by atoms with Crippen LogP contribution in [0.3, 0.4) is 0 Å². The van der Waals surface area contributed by atoms with Crippen LogP contribution in [0.15, 0.2) is 61.2 Å². The van der Waals surface area contributed by atoms with Gasteiger partial charge in [0.2, 0.25) is 5.91 Å². The molecule has 1 aliphatic heterocycles. The van der Waals surface area contributed by atoms with Crippen molar-refractivity contribution in [1.82, 2.24) is 10.2 Å². The maximum atomic E-state index is 12.9. The van der Waals surface area contributed by atoms with Crippen molar-refractivity contribution in [3.05, 3.63) is 88.0 Å². The van der Waals surface area contributed by atoms with Gasteiger partial charge in [-0.3, -0.25) is 34.2 Å². The molecular formula is C24H23N3O8. The number of aliphatic hydroxyl groups excluding tert-OH is 1. The molecule has 0 bridgehead atoms. The number of amides is 3. The third kappa shape index (κ3) is 5.76. The first kappa shape index (κ1) is 25.2. The number of hydrogen-bond acceptors (Lipinski definition) is 8. The normalized spacial score (nSPS) is 14.1. The number of nitro benzene ring substituents is 1. The lowest BCUT2D eigenvalue weighted by atomic mass is 10.0. The van der Waals surface area contributed by atoms with Crippen molar-refractivity contribution >= 4 is 29.4 Å². The van der Waals surface area contributed by atoms with Crippen molar-refractivity contribution in [3.63, 3.8) is 0 Å². The number of carbonyl (C=O) groups excluding carboxylic acids is 4. The van der Waals surface area contributed by atoms with E-state index in [4.69, 9.17) is 4.74 Å². The van der Waals surface area contributed by atoms with Crippen molar-refractivity contribution in [2.24, 2.45) is 0 Å². The van der Waals surface area contributed by atoms with Gasteiger partial charge in [-0.15, -0.1) is 6.58 Å². The van der Waals surface area contributed by atoms with E-state index in [9.17, 15) is 34.4 Å². The van der Waals surface area contributed by atoms with E-state index in [1.165, 1.54) is 42.5 Å². The molecule has 2 aromatic rings. The number of nitro groups is 1. The Labute approximate surface area is 200 Å². The maximum absolute atomic E-state index is 12.9. The van der Waals surface area contributed by atoms with Gasteiger partial charge in [-0.2, -0.15) is 0 Å². The first-order chi connectivity index (χ1) is 16.7. The fourth-order valence-corrected chi connectivity index (χ4v) is 3.56. The summed E-state index contributed by atoms with van der Waals surface area (Å²) in [5, 5.41) is 23.7. The van der Waals surface area contributed by atoms with Crippen LogP contribution in [0, 0.1) is 10.1 Å². The van der Waals surface area contributed by atoms with Crippen LogP contribution >= 0.6 is 0 Å². The van der Waals surface area contributed by atoms with Gasteiger partial charge < -0.3 is 15.2 Å². The minimum atomic E-state index is -1.56. The zero-order valence-corrected chi connectivity index (χ0v) is 18.6. The number of aliphatic hydroxyl groups is 1. The van der Waals surface area contributed by atoms with Gasteiger partial charge >= 0.3 is 5.97 Å². The lowest BCUT2D eigenvalue weighted by molar-refractivity contribution is -0.384. The molecule has 0 fully saturated rings. The van der Waals surface area contributed by atoms with E-state index in [1.807, 2.05) is 0 Å². The summed E-state index contributed by atoms with van der Waals surface area (Å²) in [6.45, 7) is 2.79. The number of fused-ring (bicyclic) bond motifs is 1. The number of rotatable bonds is 11. The van der Waals surface area contributed by atoms with Crippen LogP contribution in [0.1, 0.15) is 39.1 Å². The second-order valence-corrected chi connectivity index (χ2v) is 7.71. The minimum absolute atomic E-state index is 0.0551. The third-order valence-corrected chi connectivity index (χ3v) is 5.36. The zero-order valence-electron chi connectivity index (χ0n) is 18.6. The molecule has 182 valence electrons. The SMILES string of the molecule is C=CCC[C@H](O)[C@@H](C(=O)NCC(=O)OCc1ccc([N+](=O)[O-])cc1)N1C(=O)c2ccccc2C1=O. The van der Waals surface area contributed by atoms with Crippen LogP contribution in [-0.4, -0.2) is 57.3 Å². The summed E-state index contributed by atoms with van der Waals surface area (Å²) in [5.41, 5.74) is 0.628. The summed E-state index contributed by atoms with van der Waals surface area (Å²) in [5.74, 6) is -3.16. The molecule has 0 aromatic heterocycles. The molecule has 0 saturated heterocycles. The molecule has 2 aromatic carbocycles. The van der Waals surface area contributed by atoms with E-state index in [2.05, 4.69) is 11.9 Å². The average molecular weight is 481 g/mol. The van der Waals surface area contributed by atoms with Gasteiger partial charge in [-0.1, -0.05) is 18.2 Å². The molecule has 3 amide bonds. The van der Waals surface area contributed by atoms with Crippen LogP contribution in [0.4, 0.5) is 5.69 Å². The summed E-state index contributed by atoms with van der Waals surface area (Å²) >= 11 is 0. The Morgan fingerprint density at radius 3 is 2.26 bits per heavy atom. The van der Waals surface area contributed by atoms with Crippen LogP contribution in [-0.2, 0) is 20.9 Å². The Balaban J connectivity index is 1.65. The maximum Gasteiger partial charge on any atom is 0.325 e. The summed E-state index contributed by atoms with van der Waals surface area (Å²) in [6.07, 6.45) is 0.507. The molecule has 11 nitrogen and oxygen atoms in total. The van der Waals surface area contributed by atoms with Crippen LogP contribution in [0.25, 0.3) is 0 Å². The number of esters is 1. The topological polar surface area (TPSA) is 156 Å². The molecule has 11 heteroatoms. The molecule has 2 N–H and O–H groups in total. The Kier molecular flexibility index (Phi) is 8.05. The van der Waals surface area contributed by atoms with Crippen molar-refractivity contribution in [3.8, 4) is 0 Å². The Hall–Kier alpha value is -4.38. The third-order valence-electron chi connectivity index (χ3n) is 5.36. The summed E-state index contributed by atoms with van der Waals surface area (Å²) < 4.78 is 5.06. The second-order valence-electron chi connectivity index (χ2n) is 7.71. The van der Waals surface area contributed by atoms with E-state index in [-0.39, 0.29) is 29.8 Å². The number of imide groups is 1. The quantitative estimate of drug-likeness (QED) is 0.162. The molecule has 1 heterocycles. The van der Waals surface area contributed by atoms with Gasteiger partial charge in [-0.25, -0.2) is 0 Å². The van der Waals surface area contributed by atoms with Gasteiger partial charge in [0.05, 0.1) is 22.2 Å². The van der Waals surface area contributed by atoms with E-state index in [1.54, 1.807) is 12.1 Å². The standard InChI is InChI=1S/C24H23N3O8/c1-2-3-8-19(28)21(26-23(31)17-6-4-5-7-18(17)24(26)32)22(30)25-13-20(29)35-14-15-9-11-16(12-10-15)27(33)34/h2,4-7,9-12,19,21,28H,1,3,8,13-14H2,(H,25,30)/t19-,21-/m0/s1. The number of nitrogens with zero attached hydrogens (tertiary/aromatic N) is 2. The second kappa shape index (κ2) is 11.2. The van der Waals surface area contributed by atoms with Crippen molar-refractivity contribution in [1.29, 1.82) is 0 Å². The van der Waals surface area contributed by atoms with Crippen LogP contribution in [0.5, 0.6) is 0 Å². The molecule has 0 radical (unpaired) electrons. The summed E-state index contributed by atoms with van der Waals surface area (Å²) in [6, 6.07) is 9.90. The number of carbonyl (C=O) groups is 4. The van der Waals surface area contributed by atoms with Gasteiger partial charge in [0.25, 0.3) is 17.5 Å². The molecule has 35 heavy (non-hydrogen) atoms. The monoisotopic (exact) mass is 481 g/mol. The number of benzene rings is 2. The minimum Gasteiger partial charge on any atom is -0.460 e. The van der Waals surface area contributed by atoms with E-state index in [0.29, 0.717) is 16.9 Å². The highest BCUT2D eigenvalue weighted by molar-refractivity contribution is 6.23. The predicted octanol–water partition coefficient (Wildman–Crippen LogP) is 1.75. The van der Waals surface area contributed by atoms with Crippen molar-refractivity contribution < 1.29 is 33.9 Å². The summed E-state index contributed by atoms with van der Waals surface area (Å²) in [4.78, 5) is 61.6. The Morgan fingerprint density at radius 1 is 1.11 bits per heavy atom. The fraction of sp³-hybridized carbons (Fsp3) is 0.250. The predicted molar refractivity (Wildman–Crippen MR) is 122 cm³/mol. The summed E-state index contributed by atoms with van der Waals surface area (Å²) in [7, 11) is 0. The van der Waals surface area contributed by atoms with E-state index < -0.39 is 47.3 Å². The number of allylic oxidation sites excluding steroid dienone is 1. The molecular weight excluding hydrogens is 458 g/mol. The van der Waals surface area contributed by atoms with Gasteiger partial charge in [0.1, 0.15) is 19.2 Å². The lowest BCUT2D eigenvalue weighted by Crippen LogP contribution is -2.56. The van der Waals surface area contributed by atoms with E-state index in [0.717, 1.165) is 0 Å². The zero-order chi connectivity index (χ0) is 25.5.